The number of rotatable bonds is 5. The maximum atomic E-state index is 14.1. The molecule has 0 unspecified atom stereocenters. The molecule has 1 fully saturated rings. The van der Waals surface area contributed by atoms with Gasteiger partial charge in [-0.3, -0.25) is 9.78 Å². The predicted octanol–water partition coefficient (Wildman–Crippen LogP) is 3.09. The molecule has 0 spiro atoms. The molecule has 0 atom stereocenters. The Morgan fingerprint density at radius 1 is 1.27 bits per heavy atom. The monoisotopic (exact) mass is 352 g/mol. The minimum absolute atomic E-state index is 0.241. The van der Waals surface area contributed by atoms with Gasteiger partial charge >= 0.3 is 0 Å². The molecular formula is C19H17FN4O2. The van der Waals surface area contributed by atoms with Gasteiger partial charge in [-0.1, -0.05) is 18.2 Å². The van der Waals surface area contributed by atoms with E-state index in [1.165, 1.54) is 6.07 Å². The summed E-state index contributed by atoms with van der Waals surface area (Å²) in [6, 6.07) is 9.87. The molecule has 0 bridgehead atoms. The van der Waals surface area contributed by atoms with Gasteiger partial charge in [0.2, 0.25) is 5.91 Å². The average molecular weight is 352 g/mol. The van der Waals surface area contributed by atoms with Gasteiger partial charge in [-0.2, -0.15) is 0 Å². The molecule has 1 N–H and O–H groups in total. The number of ether oxygens (including phenoxy) is 1. The minimum atomic E-state index is -0.802. The van der Waals surface area contributed by atoms with Crippen LogP contribution < -0.4 is 10.1 Å². The van der Waals surface area contributed by atoms with Crippen LogP contribution in [-0.4, -0.2) is 27.8 Å². The van der Waals surface area contributed by atoms with Gasteiger partial charge in [0.05, 0.1) is 18.7 Å². The fraction of sp³-hybridized carbons (Fsp3) is 0.211. The molecule has 26 heavy (non-hydrogen) atoms. The number of benzene rings is 1. The highest BCUT2D eigenvalue weighted by atomic mass is 19.1. The molecular weight excluding hydrogens is 335 g/mol. The van der Waals surface area contributed by atoms with E-state index in [1.54, 1.807) is 60.7 Å². The van der Waals surface area contributed by atoms with Crippen LogP contribution in [0.15, 0.2) is 55.0 Å². The summed E-state index contributed by atoms with van der Waals surface area (Å²) in [4.78, 5) is 16.8. The number of hydrogen-bond donors (Lipinski definition) is 1. The van der Waals surface area contributed by atoms with Crippen molar-refractivity contribution in [1.29, 1.82) is 0 Å². The van der Waals surface area contributed by atoms with Crippen molar-refractivity contribution in [3.63, 3.8) is 0 Å². The highest BCUT2D eigenvalue weighted by molar-refractivity contribution is 6.00. The van der Waals surface area contributed by atoms with Crippen LogP contribution in [0.4, 0.5) is 10.2 Å². The zero-order valence-corrected chi connectivity index (χ0v) is 14.1. The van der Waals surface area contributed by atoms with Crippen LogP contribution in [0.5, 0.6) is 5.75 Å². The Morgan fingerprint density at radius 2 is 2.08 bits per heavy atom. The Bertz CT molecular complexity index is 965. The quantitative estimate of drug-likeness (QED) is 0.766. The topological polar surface area (TPSA) is 69.0 Å². The lowest BCUT2D eigenvalue weighted by atomic mass is 9.94. The third-order valence-corrected chi connectivity index (χ3v) is 4.63. The van der Waals surface area contributed by atoms with Crippen LogP contribution in [-0.2, 0) is 10.2 Å². The smallest absolute Gasteiger partial charge is 0.236 e. The molecule has 2 aromatic heterocycles. The molecule has 4 rings (SSSR count). The number of anilines is 1. The number of aromatic nitrogens is 3. The average Bonchev–Trinajstić information content (AvgIpc) is 3.35. The summed E-state index contributed by atoms with van der Waals surface area (Å²) in [5.74, 6) is 0.372. The Hall–Kier alpha value is -3.22. The lowest BCUT2D eigenvalue weighted by Gasteiger charge is -2.15. The summed E-state index contributed by atoms with van der Waals surface area (Å²) in [7, 11) is 1.55. The van der Waals surface area contributed by atoms with Gasteiger partial charge in [-0.15, -0.1) is 5.10 Å². The first-order valence-electron chi connectivity index (χ1n) is 8.24. The van der Waals surface area contributed by atoms with Crippen molar-refractivity contribution in [2.24, 2.45) is 0 Å². The third-order valence-electron chi connectivity index (χ3n) is 4.63. The SMILES string of the molecule is COc1cnccc1-n1ccc(NC(=O)C2(c3ccccc3F)CC2)n1. The first-order chi connectivity index (χ1) is 12.6. The molecule has 0 aliphatic heterocycles. The van der Waals surface area contributed by atoms with Crippen molar-refractivity contribution in [1.82, 2.24) is 14.8 Å². The van der Waals surface area contributed by atoms with E-state index in [1.807, 2.05) is 0 Å². The molecule has 0 radical (unpaired) electrons. The fourth-order valence-electron chi connectivity index (χ4n) is 3.07. The van der Waals surface area contributed by atoms with Gasteiger partial charge in [0.25, 0.3) is 0 Å². The molecule has 6 nitrogen and oxygen atoms in total. The fourth-order valence-corrected chi connectivity index (χ4v) is 3.07. The van der Waals surface area contributed by atoms with Crippen molar-refractivity contribution in [2.45, 2.75) is 18.3 Å². The minimum Gasteiger partial charge on any atom is -0.493 e. The number of nitrogens with zero attached hydrogens (tertiary/aromatic N) is 3. The van der Waals surface area contributed by atoms with Crippen LogP contribution in [0.25, 0.3) is 5.69 Å². The van der Waals surface area contributed by atoms with E-state index >= 15 is 0 Å². The number of hydrogen-bond acceptors (Lipinski definition) is 4. The molecule has 1 aliphatic carbocycles. The summed E-state index contributed by atoms with van der Waals surface area (Å²) < 4.78 is 21.0. The Balaban J connectivity index is 1.57. The van der Waals surface area contributed by atoms with Crippen molar-refractivity contribution in [3.05, 3.63) is 66.4 Å². The second-order valence-electron chi connectivity index (χ2n) is 6.21. The molecule has 1 amide bonds. The highest BCUT2D eigenvalue weighted by Crippen LogP contribution is 2.49. The van der Waals surface area contributed by atoms with E-state index < -0.39 is 5.41 Å². The standard InChI is InChI=1S/C19H17FN4O2/c1-26-16-12-21-10-6-15(16)24-11-7-17(23-24)22-18(25)19(8-9-19)13-4-2-3-5-14(13)20/h2-7,10-12H,8-9H2,1H3,(H,22,23,25). The number of nitrogens with one attached hydrogen (secondary N) is 1. The summed E-state index contributed by atoms with van der Waals surface area (Å²) in [6.45, 7) is 0. The van der Waals surface area contributed by atoms with Crippen LogP contribution >= 0.6 is 0 Å². The lowest BCUT2D eigenvalue weighted by Crippen LogP contribution is -2.29. The van der Waals surface area contributed by atoms with E-state index in [0.29, 0.717) is 35.7 Å². The summed E-state index contributed by atoms with van der Waals surface area (Å²) in [5, 5.41) is 7.17. The number of carbonyl (C=O) groups excluding carboxylic acids is 1. The van der Waals surface area contributed by atoms with Crippen LogP contribution in [0.3, 0.4) is 0 Å². The first-order valence-corrected chi connectivity index (χ1v) is 8.24. The van der Waals surface area contributed by atoms with Gasteiger partial charge in [-0.05, 0) is 25.0 Å². The summed E-state index contributed by atoms with van der Waals surface area (Å²) in [5.41, 5.74) is 0.342. The predicted molar refractivity (Wildman–Crippen MR) is 93.9 cm³/mol. The van der Waals surface area contributed by atoms with Gasteiger partial charge in [0.15, 0.2) is 11.6 Å². The van der Waals surface area contributed by atoms with Crippen molar-refractivity contribution in [2.75, 3.05) is 12.4 Å². The molecule has 7 heteroatoms. The molecule has 0 saturated heterocycles. The Morgan fingerprint density at radius 3 is 2.81 bits per heavy atom. The van der Waals surface area contributed by atoms with Crippen LogP contribution in [0.2, 0.25) is 0 Å². The van der Waals surface area contributed by atoms with E-state index in [0.717, 1.165) is 0 Å². The zero-order chi connectivity index (χ0) is 18.1. The first kappa shape index (κ1) is 16.3. The number of pyridine rings is 1. The molecule has 1 aliphatic rings. The summed E-state index contributed by atoms with van der Waals surface area (Å²) in [6.07, 6.45) is 6.19. The van der Waals surface area contributed by atoms with Gasteiger partial charge in [-0.25, -0.2) is 9.07 Å². The highest BCUT2D eigenvalue weighted by Gasteiger charge is 2.52. The van der Waals surface area contributed by atoms with Crippen molar-refractivity contribution in [3.8, 4) is 11.4 Å². The zero-order valence-electron chi connectivity index (χ0n) is 14.1. The number of carbonyl (C=O) groups is 1. The van der Waals surface area contributed by atoms with Crippen molar-refractivity contribution >= 4 is 11.7 Å². The number of methoxy groups -OCH3 is 1. The molecule has 1 aromatic carbocycles. The molecule has 132 valence electrons. The molecule has 1 saturated carbocycles. The lowest BCUT2D eigenvalue weighted by molar-refractivity contribution is -0.118. The maximum Gasteiger partial charge on any atom is 0.236 e. The number of halogens is 1. The maximum absolute atomic E-state index is 14.1. The van der Waals surface area contributed by atoms with Gasteiger partial charge in [0.1, 0.15) is 11.5 Å². The second kappa shape index (κ2) is 6.25. The van der Waals surface area contributed by atoms with Crippen LogP contribution in [0.1, 0.15) is 18.4 Å². The number of amides is 1. The van der Waals surface area contributed by atoms with E-state index in [2.05, 4.69) is 15.4 Å². The van der Waals surface area contributed by atoms with E-state index in [-0.39, 0.29) is 11.7 Å². The third kappa shape index (κ3) is 2.71. The Kier molecular flexibility index (Phi) is 3.91. The molecule has 3 aromatic rings. The second-order valence-corrected chi connectivity index (χ2v) is 6.21. The van der Waals surface area contributed by atoms with Gasteiger partial charge < -0.3 is 10.1 Å². The van der Waals surface area contributed by atoms with Crippen molar-refractivity contribution < 1.29 is 13.9 Å². The van der Waals surface area contributed by atoms with E-state index in [9.17, 15) is 9.18 Å². The van der Waals surface area contributed by atoms with E-state index in [4.69, 9.17) is 4.74 Å². The molecule has 2 heterocycles. The Labute approximate surface area is 149 Å². The van der Waals surface area contributed by atoms with Gasteiger partial charge in [0, 0.05) is 24.0 Å². The normalized spacial score (nSPS) is 14.7. The summed E-state index contributed by atoms with van der Waals surface area (Å²) >= 11 is 0. The van der Waals surface area contributed by atoms with Crippen LogP contribution in [0, 0.1) is 5.82 Å². The largest absolute Gasteiger partial charge is 0.493 e.